The Morgan fingerprint density at radius 2 is 1.25 bits per heavy atom. The number of ketones is 1. The molecule has 0 radical (unpaired) electrons. The van der Waals surface area contributed by atoms with E-state index in [9.17, 15) is 24.0 Å². The third kappa shape index (κ3) is 9.20. The molecule has 2 atom stereocenters. The lowest BCUT2D eigenvalue weighted by Crippen LogP contribution is -2.56. The van der Waals surface area contributed by atoms with E-state index >= 15 is 0 Å². The number of benzene rings is 3. The predicted octanol–water partition coefficient (Wildman–Crippen LogP) is 2.15. The highest BCUT2D eigenvalue weighted by Gasteiger charge is 2.33. The van der Waals surface area contributed by atoms with Crippen LogP contribution in [0.15, 0.2) is 91.0 Å². The highest BCUT2D eigenvalue weighted by molar-refractivity contribution is 6.38. The molecule has 0 aliphatic rings. The standard InChI is InChI=1S/C31H34N4O5/c1-22(29(38)31(40)33-19-25-14-8-4-9-15-25)34-30(39)27(18-24-12-6-3-7-13-24)35(28(37)20-32-23(2)36)21-26-16-10-5-11-17-26/h3-17,22,27H,18-21H2,1-2H3,(H,32,36)(H,33,40)(H,34,39). The Morgan fingerprint density at radius 1 is 0.725 bits per heavy atom. The number of nitrogens with one attached hydrogen (secondary N) is 3. The molecular weight excluding hydrogens is 508 g/mol. The molecule has 2 unspecified atom stereocenters. The summed E-state index contributed by atoms with van der Waals surface area (Å²) in [6.45, 7) is 2.72. The van der Waals surface area contributed by atoms with Gasteiger partial charge in [-0.05, 0) is 23.6 Å². The average molecular weight is 543 g/mol. The Labute approximate surface area is 234 Å². The maximum Gasteiger partial charge on any atom is 0.289 e. The predicted molar refractivity (Wildman–Crippen MR) is 151 cm³/mol. The van der Waals surface area contributed by atoms with Crippen LogP contribution in [0.1, 0.15) is 30.5 Å². The van der Waals surface area contributed by atoms with E-state index in [-0.39, 0.29) is 32.0 Å². The summed E-state index contributed by atoms with van der Waals surface area (Å²) in [6.07, 6.45) is 0.159. The van der Waals surface area contributed by atoms with Crippen molar-refractivity contribution in [2.24, 2.45) is 0 Å². The van der Waals surface area contributed by atoms with Crippen LogP contribution in [0.2, 0.25) is 0 Å². The van der Waals surface area contributed by atoms with Crippen LogP contribution in [-0.2, 0) is 43.5 Å². The summed E-state index contributed by atoms with van der Waals surface area (Å²) in [7, 11) is 0. The minimum atomic E-state index is -1.13. The van der Waals surface area contributed by atoms with E-state index in [2.05, 4.69) is 16.0 Å². The van der Waals surface area contributed by atoms with Crippen molar-refractivity contribution in [3.8, 4) is 0 Å². The summed E-state index contributed by atoms with van der Waals surface area (Å²) in [5, 5.41) is 7.71. The number of carbonyl (C=O) groups is 5. The topological polar surface area (TPSA) is 125 Å². The molecule has 4 amide bonds. The molecule has 0 aliphatic heterocycles. The zero-order valence-corrected chi connectivity index (χ0v) is 22.6. The van der Waals surface area contributed by atoms with Crippen molar-refractivity contribution in [2.75, 3.05) is 6.54 Å². The normalized spacial score (nSPS) is 11.9. The maximum atomic E-state index is 13.7. The lowest BCUT2D eigenvalue weighted by molar-refractivity contribution is -0.143. The molecule has 208 valence electrons. The molecular formula is C31H34N4O5. The van der Waals surface area contributed by atoms with E-state index in [1.54, 1.807) is 0 Å². The van der Waals surface area contributed by atoms with Gasteiger partial charge in [-0.3, -0.25) is 24.0 Å². The second-order valence-corrected chi connectivity index (χ2v) is 9.39. The van der Waals surface area contributed by atoms with Gasteiger partial charge in [0.25, 0.3) is 5.91 Å². The van der Waals surface area contributed by atoms with E-state index in [0.29, 0.717) is 0 Å². The van der Waals surface area contributed by atoms with Crippen LogP contribution in [0.5, 0.6) is 0 Å². The summed E-state index contributed by atoms with van der Waals surface area (Å²) in [5.41, 5.74) is 2.42. The zero-order valence-electron chi connectivity index (χ0n) is 22.6. The van der Waals surface area contributed by atoms with Gasteiger partial charge in [-0.25, -0.2) is 0 Å². The first-order valence-electron chi connectivity index (χ1n) is 13.0. The number of hydrogen-bond donors (Lipinski definition) is 3. The lowest BCUT2D eigenvalue weighted by atomic mass is 10.0. The van der Waals surface area contributed by atoms with Gasteiger partial charge in [-0.2, -0.15) is 0 Å². The molecule has 3 aromatic rings. The van der Waals surface area contributed by atoms with Crippen LogP contribution < -0.4 is 16.0 Å². The monoisotopic (exact) mass is 542 g/mol. The summed E-state index contributed by atoms with van der Waals surface area (Å²) >= 11 is 0. The second-order valence-electron chi connectivity index (χ2n) is 9.39. The first-order valence-corrected chi connectivity index (χ1v) is 13.0. The Morgan fingerprint density at radius 3 is 1.80 bits per heavy atom. The minimum absolute atomic E-state index is 0.101. The van der Waals surface area contributed by atoms with Gasteiger partial charge in [0.05, 0.1) is 12.6 Å². The molecule has 40 heavy (non-hydrogen) atoms. The van der Waals surface area contributed by atoms with Crippen LogP contribution in [0.25, 0.3) is 0 Å². The van der Waals surface area contributed by atoms with Gasteiger partial charge in [0.1, 0.15) is 6.04 Å². The number of amides is 4. The van der Waals surface area contributed by atoms with Crippen LogP contribution in [0.4, 0.5) is 0 Å². The highest BCUT2D eigenvalue weighted by Crippen LogP contribution is 2.15. The number of Topliss-reactive ketones (excluding diaryl/α,β-unsaturated/α-hetero) is 1. The molecule has 0 aromatic heterocycles. The fourth-order valence-electron chi connectivity index (χ4n) is 4.07. The van der Waals surface area contributed by atoms with E-state index in [0.717, 1.165) is 16.7 Å². The maximum absolute atomic E-state index is 13.7. The molecule has 0 fully saturated rings. The molecule has 0 saturated carbocycles. The molecule has 9 nitrogen and oxygen atoms in total. The zero-order chi connectivity index (χ0) is 28.9. The Balaban J connectivity index is 1.80. The summed E-state index contributed by atoms with van der Waals surface area (Å²) in [6, 6.07) is 25.3. The second kappa shape index (κ2) is 15.0. The summed E-state index contributed by atoms with van der Waals surface area (Å²) < 4.78 is 0. The molecule has 3 rings (SSSR count). The van der Waals surface area contributed by atoms with E-state index in [1.165, 1.54) is 18.7 Å². The quantitative estimate of drug-likeness (QED) is 0.286. The van der Waals surface area contributed by atoms with E-state index in [1.807, 2.05) is 91.0 Å². The van der Waals surface area contributed by atoms with Crippen molar-refractivity contribution < 1.29 is 24.0 Å². The third-order valence-corrected chi connectivity index (χ3v) is 6.23. The molecule has 0 aliphatic carbocycles. The van der Waals surface area contributed by atoms with Gasteiger partial charge in [0.15, 0.2) is 0 Å². The van der Waals surface area contributed by atoms with Gasteiger partial charge in [-0.1, -0.05) is 91.0 Å². The molecule has 0 spiro atoms. The molecule has 0 saturated heterocycles. The Kier molecular flexibility index (Phi) is 11.1. The minimum Gasteiger partial charge on any atom is -0.347 e. The van der Waals surface area contributed by atoms with Gasteiger partial charge in [-0.15, -0.1) is 0 Å². The van der Waals surface area contributed by atoms with Crippen LogP contribution in [0.3, 0.4) is 0 Å². The number of nitrogens with zero attached hydrogens (tertiary/aromatic N) is 1. The van der Waals surface area contributed by atoms with Gasteiger partial charge in [0.2, 0.25) is 23.5 Å². The van der Waals surface area contributed by atoms with Crippen molar-refractivity contribution >= 4 is 29.4 Å². The molecule has 0 bridgehead atoms. The molecule has 3 aromatic carbocycles. The van der Waals surface area contributed by atoms with E-state index in [4.69, 9.17) is 0 Å². The molecule has 3 N–H and O–H groups in total. The summed E-state index contributed by atoms with van der Waals surface area (Å²) in [4.78, 5) is 65.2. The molecule has 0 heterocycles. The Hall–Kier alpha value is -4.79. The number of hydrogen-bond acceptors (Lipinski definition) is 5. The third-order valence-electron chi connectivity index (χ3n) is 6.23. The fourth-order valence-corrected chi connectivity index (χ4v) is 4.07. The summed E-state index contributed by atoms with van der Waals surface area (Å²) in [5.74, 6) is -3.05. The van der Waals surface area contributed by atoms with Crippen molar-refractivity contribution in [3.63, 3.8) is 0 Å². The Bertz CT molecular complexity index is 1300. The van der Waals surface area contributed by atoms with Crippen molar-refractivity contribution in [1.82, 2.24) is 20.9 Å². The van der Waals surface area contributed by atoms with Crippen LogP contribution >= 0.6 is 0 Å². The van der Waals surface area contributed by atoms with E-state index < -0.39 is 35.6 Å². The van der Waals surface area contributed by atoms with Gasteiger partial charge in [0, 0.05) is 26.4 Å². The lowest BCUT2D eigenvalue weighted by Gasteiger charge is -2.32. The fraction of sp³-hybridized carbons (Fsp3) is 0.258. The first kappa shape index (κ1) is 29.8. The number of rotatable bonds is 13. The van der Waals surface area contributed by atoms with Gasteiger partial charge >= 0.3 is 0 Å². The number of carbonyl (C=O) groups excluding carboxylic acids is 5. The SMILES string of the molecule is CC(=O)NCC(=O)N(Cc1ccccc1)C(Cc1ccccc1)C(=O)NC(C)C(=O)C(=O)NCc1ccccc1. The van der Waals surface area contributed by atoms with Crippen LogP contribution in [0, 0.1) is 0 Å². The van der Waals surface area contributed by atoms with Crippen molar-refractivity contribution in [3.05, 3.63) is 108 Å². The average Bonchev–Trinajstić information content (AvgIpc) is 2.97. The molecule has 9 heteroatoms. The largest absolute Gasteiger partial charge is 0.347 e. The smallest absolute Gasteiger partial charge is 0.289 e. The van der Waals surface area contributed by atoms with Crippen LogP contribution in [-0.4, -0.2) is 52.9 Å². The van der Waals surface area contributed by atoms with Crippen molar-refractivity contribution in [2.45, 2.75) is 45.4 Å². The first-order chi connectivity index (χ1) is 19.2. The van der Waals surface area contributed by atoms with Crippen molar-refractivity contribution in [1.29, 1.82) is 0 Å². The highest BCUT2D eigenvalue weighted by atomic mass is 16.2. The van der Waals surface area contributed by atoms with Gasteiger partial charge < -0.3 is 20.9 Å².